The Hall–Kier alpha value is -3.03. The normalized spacial score (nSPS) is 19.2. The van der Waals surface area contributed by atoms with E-state index in [2.05, 4.69) is 24.0 Å². The number of amides is 1. The SMILES string of the molecule is CCN1C(=C2SC(=Nc3ccc(F)cc3)N(c3cccc(C)c3)C2=O)Sc2ccccc21. The van der Waals surface area contributed by atoms with Crippen LogP contribution < -0.4 is 9.80 Å². The van der Waals surface area contributed by atoms with Gasteiger partial charge in [-0.25, -0.2) is 9.38 Å². The molecule has 0 unspecified atom stereocenters. The van der Waals surface area contributed by atoms with E-state index in [9.17, 15) is 9.18 Å². The number of rotatable bonds is 3. The summed E-state index contributed by atoms with van der Waals surface area (Å²) in [4.78, 5) is 24.1. The zero-order chi connectivity index (χ0) is 22.2. The van der Waals surface area contributed by atoms with E-state index in [1.165, 1.54) is 23.9 Å². The summed E-state index contributed by atoms with van der Waals surface area (Å²) in [6.07, 6.45) is 0. The van der Waals surface area contributed by atoms with Gasteiger partial charge in [-0.15, -0.1) is 0 Å². The first-order valence-electron chi connectivity index (χ1n) is 10.3. The van der Waals surface area contributed by atoms with Gasteiger partial charge in [-0.05, 0) is 79.7 Å². The van der Waals surface area contributed by atoms with Crippen LogP contribution in [0, 0.1) is 12.7 Å². The van der Waals surface area contributed by atoms with E-state index in [0.29, 0.717) is 15.8 Å². The fraction of sp³-hybridized carbons (Fsp3) is 0.120. The van der Waals surface area contributed by atoms with Crippen molar-refractivity contribution >= 4 is 51.7 Å². The number of thioether (sulfide) groups is 2. The number of para-hydroxylation sites is 1. The van der Waals surface area contributed by atoms with Crippen molar-refractivity contribution in [2.45, 2.75) is 18.7 Å². The molecule has 2 aliphatic heterocycles. The maximum atomic E-state index is 13.7. The van der Waals surface area contributed by atoms with Crippen molar-refractivity contribution in [2.24, 2.45) is 4.99 Å². The maximum absolute atomic E-state index is 13.7. The molecule has 5 rings (SSSR count). The lowest BCUT2D eigenvalue weighted by molar-refractivity contribution is -0.113. The van der Waals surface area contributed by atoms with Gasteiger partial charge in [-0.3, -0.25) is 9.69 Å². The van der Waals surface area contributed by atoms with Crippen molar-refractivity contribution in [1.29, 1.82) is 0 Å². The van der Waals surface area contributed by atoms with Crippen LogP contribution in [0.1, 0.15) is 12.5 Å². The molecule has 0 aliphatic carbocycles. The van der Waals surface area contributed by atoms with E-state index >= 15 is 0 Å². The molecule has 0 aromatic heterocycles. The first-order valence-corrected chi connectivity index (χ1v) is 11.9. The Morgan fingerprint density at radius 1 is 0.969 bits per heavy atom. The van der Waals surface area contributed by atoms with Crippen molar-refractivity contribution in [2.75, 3.05) is 16.3 Å². The third kappa shape index (κ3) is 3.72. The Morgan fingerprint density at radius 3 is 2.50 bits per heavy atom. The van der Waals surface area contributed by atoms with Gasteiger partial charge in [0.1, 0.15) is 15.8 Å². The summed E-state index contributed by atoms with van der Waals surface area (Å²) < 4.78 is 13.4. The number of anilines is 2. The smallest absolute Gasteiger partial charge is 0.274 e. The van der Waals surface area contributed by atoms with Crippen molar-refractivity contribution in [3.05, 3.63) is 94.1 Å². The molecule has 0 saturated carbocycles. The van der Waals surface area contributed by atoms with Gasteiger partial charge in [0.05, 0.1) is 17.1 Å². The van der Waals surface area contributed by atoms with Crippen LogP contribution in [0.15, 0.2) is 92.6 Å². The standard InChI is InChI=1S/C25H20FN3OS2/c1-3-28-20-9-4-5-10-21(20)31-24(28)22-23(30)29(19-8-6-7-16(2)15-19)25(32-22)27-18-13-11-17(26)12-14-18/h4-15H,3H2,1-2H3. The molecule has 0 radical (unpaired) electrons. The molecule has 0 spiro atoms. The third-order valence-electron chi connectivity index (χ3n) is 5.21. The van der Waals surface area contributed by atoms with Crippen LogP contribution in [0.3, 0.4) is 0 Å². The largest absolute Gasteiger partial charge is 0.334 e. The second-order valence-corrected chi connectivity index (χ2v) is 9.41. The Labute approximate surface area is 194 Å². The fourth-order valence-corrected chi connectivity index (χ4v) is 6.11. The van der Waals surface area contributed by atoms with Gasteiger partial charge in [0.15, 0.2) is 5.17 Å². The van der Waals surface area contributed by atoms with E-state index in [0.717, 1.165) is 33.4 Å². The van der Waals surface area contributed by atoms with E-state index in [1.54, 1.807) is 28.8 Å². The molecule has 0 N–H and O–H groups in total. The maximum Gasteiger partial charge on any atom is 0.274 e. The lowest BCUT2D eigenvalue weighted by atomic mass is 10.2. The number of hydrogen-bond donors (Lipinski definition) is 0. The minimum Gasteiger partial charge on any atom is -0.334 e. The highest BCUT2D eigenvalue weighted by atomic mass is 32.2. The van der Waals surface area contributed by atoms with Crippen molar-refractivity contribution in [1.82, 2.24) is 0 Å². The predicted molar refractivity (Wildman–Crippen MR) is 132 cm³/mol. The van der Waals surface area contributed by atoms with E-state index in [4.69, 9.17) is 4.99 Å². The van der Waals surface area contributed by atoms with Crippen molar-refractivity contribution in [3.8, 4) is 0 Å². The zero-order valence-electron chi connectivity index (χ0n) is 17.6. The van der Waals surface area contributed by atoms with E-state index in [1.807, 2.05) is 43.3 Å². The summed E-state index contributed by atoms with van der Waals surface area (Å²) in [6, 6.07) is 22.0. The molecule has 7 heteroatoms. The second kappa shape index (κ2) is 8.48. The van der Waals surface area contributed by atoms with Gasteiger partial charge in [0.25, 0.3) is 5.91 Å². The van der Waals surface area contributed by atoms with Gasteiger partial charge in [-0.1, -0.05) is 36.0 Å². The molecular formula is C25H20FN3OS2. The number of carbonyl (C=O) groups excluding carboxylic acids is 1. The van der Waals surface area contributed by atoms with Crippen molar-refractivity contribution < 1.29 is 9.18 Å². The number of amidine groups is 1. The van der Waals surface area contributed by atoms with Crippen LogP contribution in [0.5, 0.6) is 0 Å². The van der Waals surface area contributed by atoms with Gasteiger partial charge in [0, 0.05) is 11.4 Å². The minimum atomic E-state index is -0.318. The summed E-state index contributed by atoms with van der Waals surface area (Å²) in [6.45, 7) is 4.83. The van der Waals surface area contributed by atoms with Crippen LogP contribution in [-0.4, -0.2) is 17.6 Å². The quantitative estimate of drug-likeness (QED) is 0.407. The van der Waals surface area contributed by atoms with Gasteiger partial charge >= 0.3 is 0 Å². The Kier molecular flexibility index (Phi) is 5.53. The number of carbonyl (C=O) groups is 1. The van der Waals surface area contributed by atoms with Gasteiger partial charge < -0.3 is 4.90 Å². The Balaban J connectivity index is 1.63. The van der Waals surface area contributed by atoms with Crippen LogP contribution >= 0.6 is 23.5 Å². The number of nitrogens with zero attached hydrogens (tertiary/aromatic N) is 3. The summed E-state index contributed by atoms with van der Waals surface area (Å²) >= 11 is 2.98. The topological polar surface area (TPSA) is 35.9 Å². The average molecular weight is 462 g/mol. The summed E-state index contributed by atoms with van der Waals surface area (Å²) in [7, 11) is 0. The first kappa shape index (κ1) is 20.8. The molecule has 3 aromatic rings. The molecule has 1 amide bonds. The molecule has 1 fully saturated rings. The second-order valence-electron chi connectivity index (χ2n) is 7.40. The molecule has 1 saturated heterocycles. The summed E-state index contributed by atoms with van der Waals surface area (Å²) in [5.74, 6) is -0.420. The van der Waals surface area contributed by atoms with Gasteiger partial charge in [0.2, 0.25) is 0 Å². The monoisotopic (exact) mass is 461 g/mol. The number of aryl methyl sites for hydroxylation is 1. The predicted octanol–water partition coefficient (Wildman–Crippen LogP) is 6.70. The molecular weight excluding hydrogens is 441 g/mol. The molecule has 4 nitrogen and oxygen atoms in total. The van der Waals surface area contributed by atoms with Crippen LogP contribution in [0.2, 0.25) is 0 Å². The third-order valence-corrected chi connectivity index (χ3v) is 7.55. The molecule has 2 heterocycles. The Morgan fingerprint density at radius 2 is 1.75 bits per heavy atom. The molecule has 160 valence electrons. The van der Waals surface area contributed by atoms with E-state index in [-0.39, 0.29) is 11.7 Å². The number of benzene rings is 3. The fourth-order valence-electron chi connectivity index (χ4n) is 3.72. The zero-order valence-corrected chi connectivity index (χ0v) is 19.2. The molecule has 0 bridgehead atoms. The highest BCUT2D eigenvalue weighted by Crippen LogP contribution is 2.51. The van der Waals surface area contributed by atoms with Crippen molar-refractivity contribution in [3.63, 3.8) is 0 Å². The number of fused-ring (bicyclic) bond motifs is 1. The molecule has 32 heavy (non-hydrogen) atoms. The highest BCUT2D eigenvalue weighted by molar-refractivity contribution is 8.20. The lowest BCUT2D eigenvalue weighted by Gasteiger charge is -2.19. The highest BCUT2D eigenvalue weighted by Gasteiger charge is 2.40. The Bertz CT molecular complexity index is 1270. The van der Waals surface area contributed by atoms with E-state index < -0.39 is 0 Å². The van der Waals surface area contributed by atoms with Gasteiger partial charge in [-0.2, -0.15) is 0 Å². The lowest BCUT2D eigenvalue weighted by Crippen LogP contribution is -2.29. The number of halogens is 1. The first-order chi connectivity index (χ1) is 15.5. The van der Waals surface area contributed by atoms with Crippen LogP contribution in [0.4, 0.5) is 21.5 Å². The van der Waals surface area contributed by atoms with Crippen LogP contribution in [0.25, 0.3) is 0 Å². The summed E-state index contributed by atoms with van der Waals surface area (Å²) in [5, 5.41) is 1.48. The molecule has 3 aromatic carbocycles. The minimum absolute atomic E-state index is 0.102. The number of aliphatic imine (C=N–C) groups is 1. The van der Waals surface area contributed by atoms with Crippen LogP contribution in [-0.2, 0) is 4.79 Å². The average Bonchev–Trinajstić information content (AvgIpc) is 3.32. The summed E-state index contributed by atoms with van der Waals surface area (Å²) in [5.41, 5.74) is 3.53. The molecule has 0 atom stereocenters. The molecule has 2 aliphatic rings. The number of hydrogen-bond acceptors (Lipinski definition) is 5.